The summed E-state index contributed by atoms with van der Waals surface area (Å²) in [5, 5.41) is 0. The average molecular weight is 466 g/mol. The second kappa shape index (κ2) is 11.9. The number of hydrogen-bond donors (Lipinski definition) is 0. The van der Waals surface area contributed by atoms with E-state index in [9.17, 15) is 18.4 Å². The molecule has 1 fully saturated rings. The van der Waals surface area contributed by atoms with Gasteiger partial charge in [-0.05, 0) is 51.7 Å². The van der Waals surface area contributed by atoms with Crippen LogP contribution < -0.4 is 4.90 Å². The molecular weight excluding hydrogens is 428 g/mol. The predicted molar refractivity (Wildman–Crippen MR) is 125 cm³/mol. The van der Waals surface area contributed by atoms with Crippen LogP contribution in [0.1, 0.15) is 31.7 Å². The lowest BCUT2D eigenvalue weighted by Gasteiger charge is -2.34. The number of hydrogen-bond acceptors (Lipinski definition) is 5. The molecule has 0 atom stereocenters. The van der Waals surface area contributed by atoms with Crippen molar-refractivity contribution in [3.63, 3.8) is 0 Å². The second-order valence-electron chi connectivity index (χ2n) is 9.20. The molecule has 2 heterocycles. The van der Waals surface area contributed by atoms with E-state index in [1.165, 1.54) is 0 Å². The lowest BCUT2D eigenvalue weighted by atomic mass is 10.1. The van der Waals surface area contributed by atoms with E-state index in [0.717, 1.165) is 64.2 Å². The molecule has 0 radical (unpaired) electrons. The van der Waals surface area contributed by atoms with Gasteiger partial charge >= 0.3 is 0 Å². The Balaban J connectivity index is 1.89. The van der Waals surface area contributed by atoms with Crippen molar-refractivity contribution in [1.82, 2.24) is 19.6 Å². The number of rotatable bonds is 3. The molecule has 1 aromatic rings. The Labute approximate surface area is 195 Å². The number of carbonyl (C=O) groups excluding carboxylic acids is 2. The van der Waals surface area contributed by atoms with Crippen LogP contribution in [0.25, 0.3) is 0 Å². The normalized spacial score (nSPS) is 20.2. The van der Waals surface area contributed by atoms with Crippen LogP contribution in [0.4, 0.5) is 14.5 Å². The molecule has 0 aromatic heterocycles. The third-order valence-electron chi connectivity index (χ3n) is 6.57. The van der Waals surface area contributed by atoms with Crippen LogP contribution in [0.3, 0.4) is 0 Å². The zero-order chi connectivity index (χ0) is 24.0. The van der Waals surface area contributed by atoms with Gasteiger partial charge in [0.15, 0.2) is 11.6 Å². The molecule has 3 rings (SSSR count). The maximum Gasteiger partial charge on any atom is 0.237 e. The summed E-state index contributed by atoms with van der Waals surface area (Å²) in [4.78, 5) is 35.9. The first-order valence-corrected chi connectivity index (χ1v) is 11.9. The van der Waals surface area contributed by atoms with E-state index in [0.29, 0.717) is 30.9 Å². The van der Waals surface area contributed by atoms with Crippen molar-refractivity contribution in [2.45, 2.75) is 32.7 Å². The van der Waals surface area contributed by atoms with Gasteiger partial charge in [-0.1, -0.05) is 6.92 Å². The van der Waals surface area contributed by atoms with Crippen LogP contribution in [0.2, 0.25) is 0 Å². The molecule has 184 valence electrons. The highest BCUT2D eigenvalue weighted by Gasteiger charge is 2.25. The van der Waals surface area contributed by atoms with Crippen molar-refractivity contribution in [3.8, 4) is 0 Å². The summed E-state index contributed by atoms with van der Waals surface area (Å²) in [7, 11) is 4.09. The summed E-state index contributed by atoms with van der Waals surface area (Å²) in [6.45, 7) is 8.25. The van der Waals surface area contributed by atoms with Gasteiger partial charge in [-0.15, -0.1) is 0 Å². The Morgan fingerprint density at radius 1 is 0.818 bits per heavy atom. The topological polar surface area (TPSA) is 50.3 Å². The third kappa shape index (κ3) is 6.94. The molecule has 2 aliphatic heterocycles. The Hall–Kier alpha value is -2.10. The smallest absolute Gasteiger partial charge is 0.237 e. The van der Waals surface area contributed by atoms with Crippen LogP contribution >= 0.6 is 0 Å². The molecule has 0 saturated carbocycles. The minimum atomic E-state index is -0.984. The fourth-order valence-electron chi connectivity index (χ4n) is 4.46. The third-order valence-corrected chi connectivity index (χ3v) is 6.57. The van der Waals surface area contributed by atoms with Crippen LogP contribution in [0.5, 0.6) is 0 Å². The highest BCUT2D eigenvalue weighted by Crippen LogP contribution is 2.27. The zero-order valence-electron chi connectivity index (χ0n) is 20.2. The van der Waals surface area contributed by atoms with Gasteiger partial charge in [0.2, 0.25) is 11.8 Å². The number of likely N-dealkylation sites (N-methyl/N-ethyl adjacent to an activating group) is 1. The summed E-state index contributed by atoms with van der Waals surface area (Å²) >= 11 is 0. The highest BCUT2D eigenvalue weighted by molar-refractivity contribution is 5.94. The van der Waals surface area contributed by atoms with Gasteiger partial charge in [0, 0.05) is 58.3 Å². The van der Waals surface area contributed by atoms with Crippen molar-refractivity contribution in [2.24, 2.45) is 0 Å². The molecule has 0 bridgehead atoms. The molecule has 1 aromatic carbocycles. The minimum absolute atomic E-state index is 0.0247. The summed E-state index contributed by atoms with van der Waals surface area (Å²) in [6, 6.07) is 2.26. The van der Waals surface area contributed by atoms with Crippen molar-refractivity contribution in [3.05, 3.63) is 29.3 Å². The Morgan fingerprint density at radius 3 is 2.09 bits per heavy atom. The van der Waals surface area contributed by atoms with Crippen molar-refractivity contribution < 1.29 is 18.4 Å². The number of amides is 2. The van der Waals surface area contributed by atoms with Gasteiger partial charge in [-0.3, -0.25) is 14.5 Å². The molecule has 7 nitrogen and oxygen atoms in total. The lowest BCUT2D eigenvalue weighted by molar-refractivity contribution is -0.133. The maximum absolute atomic E-state index is 14.3. The predicted octanol–water partition coefficient (Wildman–Crippen LogP) is 2.01. The fraction of sp³-hybridized carbons (Fsp3) is 0.667. The molecule has 2 aliphatic rings. The van der Waals surface area contributed by atoms with E-state index in [1.807, 2.05) is 7.05 Å². The molecule has 33 heavy (non-hydrogen) atoms. The SMILES string of the molecule is CCC(=O)N1CCCN(C)CCCN(C(=O)CN2CCN(C)CC2)Cc2cc(F)c(F)cc21. The van der Waals surface area contributed by atoms with E-state index in [-0.39, 0.29) is 24.8 Å². The van der Waals surface area contributed by atoms with Crippen LogP contribution in [-0.4, -0.2) is 104 Å². The number of nitrogens with zero attached hydrogens (tertiary/aromatic N) is 5. The van der Waals surface area contributed by atoms with E-state index in [2.05, 4.69) is 21.7 Å². The average Bonchev–Trinajstić information content (AvgIpc) is 2.78. The van der Waals surface area contributed by atoms with E-state index < -0.39 is 11.6 Å². The first-order valence-electron chi connectivity index (χ1n) is 11.9. The standard InChI is InChI=1S/C24H37F2N5O2/c1-4-23(32)31-10-6-8-27(2)7-5-9-30(17-19-15-20(25)21(26)16-22(19)31)24(33)18-29-13-11-28(3)12-14-29/h15-16H,4-14,17-18H2,1-3H3. The van der Waals surface area contributed by atoms with Gasteiger partial charge < -0.3 is 19.6 Å². The molecule has 0 aliphatic carbocycles. The maximum atomic E-state index is 14.3. The second-order valence-corrected chi connectivity index (χ2v) is 9.20. The number of carbonyl (C=O) groups is 2. The first-order chi connectivity index (χ1) is 15.8. The molecule has 1 saturated heterocycles. The summed E-state index contributed by atoms with van der Waals surface area (Å²) in [5.41, 5.74) is 0.831. The number of halogens is 2. The Kier molecular flexibility index (Phi) is 9.17. The van der Waals surface area contributed by atoms with Gasteiger partial charge in [-0.2, -0.15) is 0 Å². The highest BCUT2D eigenvalue weighted by atomic mass is 19.2. The van der Waals surface area contributed by atoms with Crippen molar-refractivity contribution >= 4 is 17.5 Å². The van der Waals surface area contributed by atoms with Gasteiger partial charge in [0.25, 0.3) is 0 Å². The summed E-state index contributed by atoms with van der Waals surface area (Å²) in [5.74, 6) is -2.11. The van der Waals surface area contributed by atoms with Crippen LogP contribution in [0, 0.1) is 11.6 Å². The molecule has 2 amide bonds. The fourth-order valence-corrected chi connectivity index (χ4v) is 4.46. The Morgan fingerprint density at radius 2 is 1.42 bits per heavy atom. The summed E-state index contributed by atoms with van der Waals surface area (Å²) < 4.78 is 28.5. The van der Waals surface area contributed by atoms with Crippen LogP contribution in [-0.2, 0) is 16.1 Å². The molecule has 0 N–H and O–H groups in total. The number of anilines is 1. The van der Waals surface area contributed by atoms with E-state index >= 15 is 0 Å². The summed E-state index contributed by atoms with van der Waals surface area (Å²) in [6.07, 6.45) is 1.79. The van der Waals surface area contributed by atoms with Crippen molar-refractivity contribution in [2.75, 3.05) is 77.9 Å². The number of benzene rings is 1. The quantitative estimate of drug-likeness (QED) is 0.684. The minimum Gasteiger partial charge on any atom is -0.337 e. The monoisotopic (exact) mass is 465 g/mol. The van der Waals surface area contributed by atoms with Crippen molar-refractivity contribution in [1.29, 1.82) is 0 Å². The largest absolute Gasteiger partial charge is 0.337 e. The zero-order valence-corrected chi connectivity index (χ0v) is 20.2. The number of fused-ring (bicyclic) bond motifs is 1. The first kappa shape index (κ1) is 25.5. The van der Waals surface area contributed by atoms with Gasteiger partial charge in [-0.25, -0.2) is 8.78 Å². The van der Waals surface area contributed by atoms with E-state index in [1.54, 1.807) is 16.7 Å². The molecule has 9 heteroatoms. The Bertz CT molecular complexity index is 829. The lowest BCUT2D eigenvalue weighted by Crippen LogP contribution is -2.49. The van der Waals surface area contributed by atoms with Gasteiger partial charge in [0.1, 0.15) is 0 Å². The molecular formula is C24H37F2N5O2. The van der Waals surface area contributed by atoms with Crippen LogP contribution in [0.15, 0.2) is 12.1 Å². The number of piperazine rings is 1. The van der Waals surface area contributed by atoms with Gasteiger partial charge in [0.05, 0.1) is 12.2 Å². The molecule has 0 unspecified atom stereocenters. The van der Waals surface area contributed by atoms with E-state index in [4.69, 9.17) is 0 Å². The molecule has 0 spiro atoms.